The molecule has 1 saturated heterocycles. The van der Waals surface area contributed by atoms with Crippen LogP contribution in [0.25, 0.3) is 0 Å². The summed E-state index contributed by atoms with van der Waals surface area (Å²) in [6, 6.07) is -0.0912. The van der Waals surface area contributed by atoms with Gasteiger partial charge in [-0.05, 0) is 39.5 Å². The Morgan fingerprint density at radius 1 is 1.10 bits per heavy atom. The van der Waals surface area contributed by atoms with Crippen molar-refractivity contribution in [1.82, 2.24) is 19.1 Å². The summed E-state index contributed by atoms with van der Waals surface area (Å²) in [6.45, 7) is 2.67. The molecule has 2 fully saturated rings. The number of aromatic nitrogens is 1. The van der Waals surface area contributed by atoms with Crippen LogP contribution >= 0.6 is 0 Å². The van der Waals surface area contributed by atoms with E-state index in [1.807, 2.05) is 0 Å². The quantitative estimate of drug-likeness (QED) is 0.596. The zero-order valence-corrected chi connectivity index (χ0v) is 18.3. The molecule has 29 heavy (non-hydrogen) atoms. The highest BCUT2D eigenvalue weighted by atomic mass is 32.2. The smallest absolute Gasteiger partial charge is 0.254 e. The van der Waals surface area contributed by atoms with Gasteiger partial charge in [0, 0.05) is 25.2 Å². The molecule has 0 spiro atoms. The highest BCUT2D eigenvalue weighted by molar-refractivity contribution is 7.90. The van der Waals surface area contributed by atoms with Crippen molar-refractivity contribution < 1.29 is 26.2 Å². The number of nitrogens with two attached hydrogens (primary N) is 1. The van der Waals surface area contributed by atoms with Gasteiger partial charge in [-0.3, -0.25) is 4.79 Å². The molecule has 2 heterocycles. The van der Waals surface area contributed by atoms with Crippen LogP contribution in [-0.2, 0) is 24.8 Å². The predicted octanol–water partition coefficient (Wildman–Crippen LogP) is -0.730. The van der Waals surface area contributed by atoms with E-state index in [9.17, 15) is 21.6 Å². The van der Waals surface area contributed by atoms with Crippen LogP contribution in [0.15, 0.2) is 9.42 Å². The van der Waals surface area contributed by atoms with Gasteiger partial charge in [-0.15, -0.1) is 0 Å². The Labute approximate surface area is 170 Å². The van der Waals surface area contributed by atoms with E-state index < -0.39 is 32.1 Å². The number of sulfonamides is 2. The standard InChI is InChI=1S/C16H27N5O6S2/c1-10-14(11(2)27-19-10)29(25,26)21-9-8-20(28(3,23)24)16(21)15(22)18-13-6-4-12(17)5-7-13/h12-13,16H,4-9,17H2,1-3H3,(H,18,22). The lowest BCUT2D eigenvalue weighted by Gasteiger charge is -2.31. The van der Waals surface area contributed by atoms with Crippen molar-refractivity contribution in [2.24, 2.45) is 5.73 Å². The molecular weight excluding hydrogens is 422 g/mol. The maximum atomic E-state index is 13.3. The SMILES string of the molecule is Cc1noc(C)c1S(=O)(=O)N1CCN(S(C)(=O)=O)C1C(=O)NC1CCC(N)CC1. The topological polar surface area (TPSA) is 156 Å². The monoisotopic (exact) mass is 449 g/mol. The van der Waals surface area contributed by atoms with Crippen molar-refractivity contribution in [3.63, 3.8) is 0 Å². The second-order valence-electron chi connectivity index (χ2n) is 7.64. The second kappa shape index (κ2) is 7.95. The van der Waals surface area contributed by atoms with E-state index in [2.05, 4.69) is 10.5 Å². The van der Waals surface area contributed by atoms with E-state index in [1.54, 1.807) is 0 Å². The second-order valence-corrected chi connectivity index (χ2v) is 11.4. The van der Waals surface area contributed by atoms with Crippen molar-refractivity contribution in [2.45, 2.75) is 62.7 Å². The molecule has 11 nitrogen and oxygen atoms in total. The summed E-state index contributed by atoms with van der Waals surface area (Å²) in [4.78, 5) is 12.9. The fraction of sp³-hybridized carbons (Fsp3) is 0.750. The van der Waals surface area contributed by atoms with E-state index in [0.29, 0.717) is 12.8 Å². The van der Waals surface area contributed by atoms with Gasteiger partial charge in [0.05, 0.1) is 6.26 Å². The van der Waals surface area contributed by atoms with E-state index >= 15 is 0 Å². The van der Waals surface area contributed by atoms with Crippen LogP contribution in [-0.4, -0.2) is 74.1 Å². The minimum Gasteiger partial charge on any atom is -0.360 e. The Morgan fingerprint density at radius 3 is 2.21 bits per heavy atom. The molecule has 13 heteroatoms. The van der Waals surface area contributed by atoms with Gasteiger partial charge in [-0.1, -0.05) is 5.16 Å². The van der Waals surface area contributed by atoms with Crippen LogP contribution in [0.3, 0.4) is 0 Å². The number of carbonyl (C=O) groups is 1. The first kappa shape index (κ1) is 22.2. The van der Waals surface area contributed by atoms with Crippen LogP contribution in [0.2, 0.25) is 0 Å². The summed E-state index contributed by atoms with van der Waals surface area (Å²) in [5, 5.41) is 6.48. The van der Waals surface area contributed by atoms with Crippen LogP contribution < -0.4 is 11.1 Å². The predicted molar refractivity (Wildman–Crippen MR) is 104 cm³/mol. The van der Waals surface area contributed by atoms with Gasteiger partial charge in [0.15, 0.2) is 11.9 Å². The Bertz CT molecular complexity index is 962. The van der Waals surface area contributed by atoms with Crippen molar-refractivity contribution in [1.29, 1.82) is 0 Å². The lowest BCUT2D eigenvalue weighted by Crippen LogP contribution is -2.55. The molecule has 0 bridgehead atoms. The van der Waals surface area contributed by atoms with Crippen molar-refractivity contribution in [3.05, 3.63) is 11.5 Å². The average Bonchev–Trinajstić information content (AvgIpc) is 3.21. The maximum Gasteiger partial charge on any atom is 0.254 e. The molecule has 1 saturated carbocycles. The van der Waals surface area contributed by atoms with Gasteiger partial charge < -0.3 is 15.6 Å². The molecule has 1 atom stereocenters. The van der Waals surface area contributed by atoms with Gasteiger partial charge in [-0.2, -0.15) is 8.61 Å². The summed E-state index contributed by atoms with van der Waals surface area (Å²) in [5.41, 5.74) is 6.04. The minimum atomic E-state index is -4.20. The lowest BCUT2D eigenvalue weighted by molar-refractivity contribution is -0.127. The average molecular weight is 450 g/mol. The molecule has 164 valence electrons. The van der Waals surface area contributed by atoms with Crippen molar-refractivity contribution in [3.8, 4) is 0 Å². The van der Waals surface area contributed by atoms with Crippen LogP contribution in [0, 0.1) is 13.8 Å². The summed E-state index contributed by atoms with van der Waals surface area (Å²) >= 11 is 0. The van der Waals surface area contributed by atoms with Gasteiger partial charge in [-0.25, -0.2) is 16.8 Å². The lowest BCUT2D eigenvalue weighted by atomic mass is 9.92. The first-order valence-electron chi connectivity index (χ1n) is 9.40. The summed E-state index contributed by atoms with van der Waals surface area (Å²) in [6.07, 6.45) is 2.27. The number of nitrogens with zero attached hydrogens (tertiary/aromatic N) is 3. The Kier molecular flexibility index (Phi) is 6.07. The molecule has 0 radical (unpaired) electrons. The zero-order chi connectivity index (χ0) is 21.6. The number of hydrogen-bond donors (Lipinski definition) is 2. The number of carbonyl (C=O) groups excluding carboxylic acids is 1. The van der Waals surface area contributed by atoms with E-state index in [1.165, 1.54) is 13.8 Å². The number of aryl methyl sites for hydroxylation is 2. The van der Waals surface area contributed by atoms with E-state index in [0.717, 1.165) is 27.7 Å². The normalized spacial score (nSPS) is 27.2. The number of rotatable bonds is 5. The Hall–Kier alpha value is -1.54. The van der Waals surface area contributed by atoms with Crippen molar-refractivity contribution >= 4 is 26.0 Å². The third-order valence-corrected chi connectivity index (χ3v) is 8.73. The molecule has 2 aliphatic rings. The maximum absolute atomic E-state index is 13.3. The molecule has 1 unspecified atom stereocenters. The Balaban J connectivity index is 1.93. The van der Waals surface area contributed by atoms with Gasteiger partial charge >= 0.3 is 0 Å². The largest absolute Gasteiger partial charge is 0.360 e. The molecule has 3 rings (SSSR count). The third kappa shape index (κ3) is 4.33. The zero-order valence-electron chi connectivity index (χ0n) is 16.7. The molecule has 0 aromatic carbocycles. The summed E-state index contributed by atoms with van der Waals surface area (Å²) in [5.74, 6) is -0.579. The number of hydrogen-bond acceptors (Lipinski definition) is 8. The van der Waals surface area contributed by atoms with Crippen LogP contribution in [0.4, 0.5) is 0 Å². The minimum absolute atomic E-state index is 0.0820. The van der Waals surface area contributed by atoms with Gasteiger partial charge in [0.25, 0.3) is 5.91 Å². The number of amides is 1. The van der Waals surface area contributed by atoms with Crippen LogP contribution in [0.1, 0.15) is 37.1 Å². The van der Waals surface area contributed by atoms with Gasteiger partial charge in [0.2, 0.25) is 20.0 Å². The molecule has 1 aromatic rings. The Morgan fingerprint density at radius 2 is 1.69 bits per heavy atom. The van der Waals surface area contributed by atoms with E-state index in [4.69, 9.17) is 10.3 Å². The first-order chi connectivity index (χ1) is 13.4. The highest BCUT2D eigenvalue weighted by Crippen LogP contribution is 2.30. The third-order valence-electron chi connectivity index (χ3n) is 5.40. The summed E-state index contributed by atoms with van der Waals surface area (Å²) in [7, 11) is -8.02. The van der Waals surface area contributed by atoms with E-state index in [-0.39, 0.29) is 41.5 Å². The van der Waals surface area contributed by atoms with Gasteiger partial charge in [0.1, 0.15) is 10.6 Å². The highest BCUT2D eigenvalue weighted by Gasteiger charge is 2.49. The molecule has 1 aliphatic heterocycles. The molecule has 1 amide bonds. The van der Waals surface area contributed by atoms with Crippen LogP contribution in [0.5, 0.6) is 0 Å². The summed E-state index contributed by atoms with van der Waals surface area (Å²) < 4.78 is 57.8. The molecule has 1 aliphatic carbocycles. The molecule has 1 aromatic heterocycles. The molecule has 3 N–H and O–H groups in total. The first-order valence-corrected chi connectivity index (χ1v) is 12.7. The fourth-order valence-corrected chi connectivity index (χ4v) is 6.83. The fourth-order valence-electron chi connectivity index (χ4n) is 3.95. The molecular formula is C16H27N5O6S2. The number of nitrogens with one attached hydrogen (secondary N) is 1. The van der Waals surface area contributed by atoms with Crippen molar-refractivity contribution in [2.75, 3.05) is 19.3 Å².